The summed E-state index contributed by atoms with van der Waals surface area (Å²) in [5.41, 5.74) is 3.37. The van der Waals surface area contributed by atoms with Gasteiger partial charge in [-0.15, -0.1) is 0 Å². The number of aliphatic hydroxyl groups is 1. The van der Waals surface area contributed by atoms with E-state index in [4.69, 9.17) is 0 Å². The molecule has 0 saturated carbocycles. The number of benzene rings is 2. The van der Waals surface area contributed by atoms with Crippen LogP contribution in [-0.4, -0.2) is 5.11 Å². The van der Waals surface area contributed by atoms with E-state index < -0.39 is 5.60 Å². The molecule has 1 aliphatic carbocycles. The molecule has 0 aromatic heterocycles. The van der Waals surface area contributed by atoms with Gasteiger partial charge in [0.15, 0.2) is 0 Å². The smallest absolute Gasteiger partial charge is 0.119 e. The lowest BCUT2D eigenvalue weighted by Crippen LogP contribution is -2.30. The highest BCUT2D eigenvalue weighted by Crippen LogP contribution is 2.45. The minimum atomic E-state index is -0.975. The van der Waals surface area contributed by atoms with Crippen LogP contribution in [0.1, 0.15) is 38.3 Å². The Hall–Kier alpha value is -2.12. The molecule has 0 heterocycles. The summed E-state index contributed by atoms with van der Waals surface area (Å²) in [6.07, 6.45) is 4.95. The zero-order valence-corrected chi connectivity index (χ0v) is 14.1. The fourth-order valence-electron chi connectivity index (χ4n) is 3.15. The summed E-state index contributed by atoms with van der Waals surface area (Å²) in [5, 5.41) is 11.5. The van der Waals surface area contributed by atoms with E-state index in [-0.39, 0.29) is 5.41 Å². The molecule has 1 heteroatoms. The third-order valence-corrected chi connectivity index (χ3v) is 4.56. The summed E-state index contributed by atoms with van der Waals surface area (Å²) in [7, 11) is 0. The lowest BCUT2D eigenvalue weighted by atomic mass is 9.72. The Balaban J connectivity index is 2.16. The van der Waals surface area contributed by atoms with Crippen molar-refractivity contribution in [3.8, 4) is 0 Å². The minimum Gasteiger partial charge on any atom is -0.380 e. The maximum absolute atomic E-state index is 11.5. The molecule has 1 nitrogen and oxygen atoms in total. The highest BCUT2D eigenvalue weighted by atomic mass is 16.3. The molecule has 23 heavy (non-hydrogen) atoms. The van der Waals surface area contributed by atoms with Crippen LogP contribution in [0, 0.1) is 5.41 Å². The lowest BCUT2D eigenvalue weighted by Gasteiger charge is -2.36. The van der Waals surface area contributed by atoms with Crippen molar-refractivity contribution < 1.29 is 5.11 Å². The van der Waals surface area contributed by atoms with Crippen LogP contribution in [0.2, 0.25) is 0 Å². The van der Waals surface area contributed by atoms with Crippen LogP contribution >= 0.6 is 0 Å². The molecule has 118 valence electrons. The summed E-state index contributed by atoms with van der Waals surface area (Å²) in [6.45, 7) is 6.64. The molecule has 1 aliphatic rings. The molecule has 0 spiro atoms. The van der Waals surface area contributed by atoms with Crippen molar-refractivity contribution in [3.05, 3.63) is 89.5 Å². The van der Waals surface area contributed by atoms with Crippen LogP contribution in [0.5, 0.6) is 0 Å². The van der Waals surface area contributed by atoms with Gasteiger partial charge in [0.25, 0.3) is 0 Å². The molecule has 0 fully saturated rings. The van der Waals surface area contributed by atoms with Crippen molar-refractivity contribution >= 4 is 5.57 Å². The Morgan fingerprint density at radius 2 is 1.43 bits per heavy atom. The van der Waals surface area contributed by atoms with Gasteiger partial charge in [-0.25, -0.2) is 0 Å². The second-order valence-electron chi connectivity index (χ2n) is 7.26. The Labute approximate surface area is 139 Å². The molecule has 0 aliphatic heterocycles. The topological polar surface area (TPSA) is 20.2 Å². The minimum absolute atomic E-state index is 0.0675. The molecule has 3 rings (SSSR count). The summed E-state index contributed by atoms with van der Waals surface area (Å²) in [6, 6.07) is 20.2. The Morgan fingerprint density at radius 1 is 0.870 bits per heavy atom. The van der Waals surface area contributed by atoms with Gasteiger partial charge < -0.3 is 5.11 Å². The van der Waals surface area contributed by atoms with Crippen LogP contribution in [0.25, 0.3) is 5.57 Å². The zero-order valence-electron chi connectivity index (χ0n) is 14.1. The van der Waals surface area contributed by atoms with Crippen LogP contribution in [0.15, 0.2) is 78.4 Å². The van der Waals surface area contributed by atoms with Gasteiger partial charge in [0, 0.05) is 6.42 Å². The van der Waals surface area contributed by atoms with Crippen molar-refractivity contribution in [3.63, 3.8) is 0 Å². The quantitative estimate of drug-likeness (QED) is 0.794. The molecule has 2 aromatic rings. The van der Waals surface area contributed by atoms with Crippen molar-refractivity contribution in [2.24, 2.45) is 5.41 Å². The second kappa shape index (κ2) is 5.82. The Bertz CT molecular complexity index is 733. The van der Waals surface area contributed by atoms with E-state index in [1.165, 1.54) is 5.57 Å². The number of hydrogen-bond donors (Lipinski definition) is 1. The average Bonchev–Trinajstić information content (AvgIpc) is 2.56. The fraction of sp³-hybridized carbons (Fsp3) is 0.273. The average molecular weight is 304 g/mol. The van der Waals surface area contributed by atoms with E-state index in [1.807, 2.05) is 48.5 Å². The molecule has 1 unspecified atom stereocenters. The van der Waals surface area contributed by atoms with E-state index in [2.05, 4.69) is 45.1 Å². The number of hydrogen-bond acceptors (Lipinski definition) is 1. The summed E-state index contributed by atoms with van der Waals surface area (Å²) >= 11 is 0. The maximum atomic E-state index is 11.5. The third-order valence-electron chi connectivity index (χ3n) is 4.56. The van der Waals surface area contributed by atoms with Gasteiger partial charge in [-0.2, -0.15) is 0 Å². The van der Waals surface area contributed by atoms with Crippen LogP contribution in [0.3, 0.4) is 0 Å². The maximum Gasteiger partial charge on any atom is 0.119 e. The summed E-state index contributed by atoms with van der Waals surface area (Å²) in [5.74, 6) is 0. The van der Waals surface area contributed by atoms with Gasteiger partial charge in [0.2, 0.25) is 0 Å². The molecular weight excluding hydrogens is 280 g/mol. The van der Waals surface area contributed by atoms with Gasteiger partial charge in [0.1, 0.15) is 5.60 Å². The molecular formula is C22H24O. The van der Waals surface area contributed by atoms with Crippen LogP contribution < -0.4 is 0 Å². The first-order chi connectivity index (χ1) is 10.9. The zero-order chi connectivity index (χ0) is 16.5. The van der Waals surface area contributed by atoms with E-state index in [9.17, 15) is 5.11 Å². The van der Waals surface area contributed by atoms with Crippen molar-refractivity contribution in [2.45, 2.75) is 32.8 Å². The lowest BCUT2D eigenvalue weighted by molar-refractivity contribution is 0.102. The summed E-state index contributed by atoms with van der Waals surface area (Å²) in [4.78, 5) is 0. The monoisotopic (exact) mass is 304 g/mol. The Morgan fingerprint density at radius 3 is 2.00 bits per heavy atom. The third kappa shape index (κ3) is 3.02. The van der Waals surface area contributed by atoms with Gasteiger partial charge in [-0.3, -0.25) is 0 Å². The molecule has 1 N–H and O–H groups in total. The van der Waals surface area contributed by atoms with E-state index in [0.717, 1.165) is 16.7 Å². The molecule has 0 amide bonds. The molecule has 0 saturated heterocycles. The first-order valence-electron chi connectivity index (χ1n) is 8.17. The van der Waals surface area contributed by atoms with Crippen LogP contribution in [-0.2, 0) is 5.60 Å². The highest BCUT2D eigenvalue weighted by Gasteiger charge is 2.37. The largest absolute Gasteiger partial charge is 0.380 e. The first kappa shape index (κ1) is 15.8. The van der Waals surface area contributed by atoms with Gasteiger partial charge in [-0.1, -0.05) is 93.6 Å². The predicted molar refractivity (Wildman–Crippen MR) is 96.9 cm³/mol. The number of allylic oxidation sites excluding steroid dienone is 2. The summed E-state index contributed by atoms with van der Waals surface area (Å²) < 4.78 is 0. The van der Waals surface area contributed by atoms with Crippen molar-refractivity contribution in [1.29, 1.82) is 0 Å². The van der Waals surface area contributed by atoms with E-state index in [1.54, 1.807) is 0 Å². The Kier molecular flexibility index (Phi) is 3.99. The van der Waals surface area contributed by atoms with Crippen molar-refractivity contribution in [2.75, 3.05) is 0 Å². The van der Waals surface area contributed by atoms with Crippen molar-refractivity contribution in [1.82, 2.24) is 0 Å². The van der Waals surface area contributed by atoms with Gasteiger partial charge >= 0.3 is 0 Å². The van der Waals surface area contributed by atoms with Gasteiger partial charge in [-0.05, 0) is 27.7 Å². The van der Waals surface area contributed by atoms with E-state index >= 15 is 0 Å². The molecule has 1 atom stereocenters. The SMILES string of the molecule is CC(C)(C)C1=CCC(O)(c2ccccc2)C(c2ccccc2)=C1. The normalized spacial score (nSPS) is 21.6. The van der Waals surface area contributed by atoms with E-state index in [0.29, 0.717) is 6.42 Å². The fourth-order valence-corrected chi connectivity index (χ4v) is 3.15. The second-order valence-corrected chi connectivity index (χ2v) is 7.26. The highest BCUT2D eigenvalue weighted by molar-refractivity contribution is 5.77. The predicted octanol–water partition coefficient (Wildman–Crippen LogP) is 5.33. The molecule has 2 aromatic carbocycles. The standard InChI is InChI=1S/C22H24O/c1-21(2,3)19-14-15-22(23,18-12-8-5-9-13-18)20(16-19)17-10-6-4-7-11-17/h4-14,16,23H,15H2,1-3H3. The van der Waals surface area contributed by atoms with Crippen LogP contribution in [0.4, 0.5) is 0 Å². The number of rotatable bonds is 2. The van der Waals surface area contributed by atoms with Gasteiger partial charge in [0.05, 0.1) is 0 Å². The first-order valence-corrected chi connectivity index (χ1v) is 8.17. The molecule has 0 radical (unpaired) electrons. The molecule has 0 bridgehead atoms.